The number of carboxylic acids is 1. The van der Waals surface area contributed by atoms with E-state index in [0.717, 1.165) is 12.8 Å². The maximum absolute atomic E-state index is 10.5. The summed E-state index contributed by atoms with van der Waals surface area (Å²) in [5.74, 6) is -0.219. The Bertz CT molecular complexity index is 173. The van der Waals surface area contributed by atoms with Gasteiger partial charge in [-0.3, -0.25) is 4.79 Å². The van der Waals surface area contributed by atoms with Gasteiger partial charge in [-0.1, -0.05) is 20.3 Å². The summed E-state index contributed by atoms with van der Waals surface area (Å²) in [4.78, 5) is 10.5. The zero-order chi connectivity index (χ0) is 9.19. The van der Waals surface area contributed by atoms with Crippen molar-refractivity contribution >= 4 is 5.97 Å². The Labute approximate surface area is 74.0 Å². The van der Waals surface area contributed by atoms with Gasteiger partial charge in [-0.15, -0.1) is 0 Å². The first-order valence-electron chi connectivity index (χ1n) is 4.71. The SMILES string of the molecule is CC1(C)CCC[C@H](CC(=O)O)C1. The Balaban J connectivity index is 2.41. The Hall–Kier alpha value is -0.530. The number of aliphatic carboxylic acids is 1. The normalized spacial score (nSPS) is 28.3. The van der Waals surface area contributed by atoms with E-state index in [9.17, 15) is 4.79 Å². The average Bonchev–Trinajstić information content (AvgIpc) is 1.82. The lowest BCUT2D eigenvalue weighted by molar-refractivity contribution is -0.138. The monoisotopic (exact) mass is 170 g/mol. The van der Waals surface area contributed by atoms with Crippen LogP contribution in [0.2, 0.25) is 0 Å². The standard InChI is InChI=1S/C10H18O2/c1-10(2)5-3-4-8(7-10)6-9(11)12/h8H,3-7H2,1-2H3,(H,11,12)/t8-/m1/s1. The maximum Gasteiger partial charge on any atom is 0.303 e. The van der Waals surface area contributed by atoms with Gasteiger partial charge >= 0.3 is 5.97 Å². The van der Waals surface area contributed by atoms with Crippen LogP contribution in [0.25, 0.3) is 0 Å². The molecule has 0 heterocycles. The van der Waals surface area contributed by atoms with Crippen LogP contribution >= 0.6 is 0 Å². The van der Waals surface area contributed by atoms with Gasteiger partial charge in [0, 0.05) is 6.42 Å². The minimum absolute atomic E-state index is 0.365. The van der Waals surface area contributed by atoms with Crippen LogP contribution in [0.1, 0.15) is 46.0 Å². The van der Waals surface area contributed by atoms with Gasteiger partial charge in [-0.05, 0) is 30.6 Å². The molecule has 0 aromatic rings. The van der Waals surface area contributed by atoms with Crippen LogP contribution in [0.3, 0.4) is 0 Å². The van der Waals surface area contributed by atoms with Crippen LogP contribution in [0, 0.1) is 11.3 Å². The summed E-state index contributed by atoms with van der Waals surface area (Å²) in [6.45, 7) is 4.47. The predicted molar refractivity (Wildman–Crippen MR) is 48.0 cm³/mol. The molecule has 1 atom stereocenters. The highest BCUT2D eigenvalue weighted by Gasteiger charge is 2.28. The summed E-state index contributed by atoms with van der Waals surface area (Å²) < 4.78 is 0. The first-order chi connectivity index (χ1) is 5.49. The lowest BCUT2D eigenvalue weighted by Crippen LogP contribution is -2.24. The van der Waals surface area contributed by atoms with Crippen LogP contribution in [0.5, 0.6) is 0 Å². The van der Waals surface area contributed by atoms with Crippen molar-refractivity contribution < 1.29 is 9.90 Å². The van der Waals surface area contributed by atoms with E-state index in [4.69, 9.17) is 5.11 Å². The van der Waals surface area contributed by atoms with Gasteiger partial charge < -0.3 is 5.11 Å². The van der Waals surface area contributed by atoms with Gasteiger partial charge in [-0.2, -0.15) is 0 Å². The number of carboxylic acid groups (broad SMARTS) is 1. The van der Waals surface area contributed by atoms with Crippen molar-refractivity contribution in [2.24, 2.45) is 11.3 Å². The molecule has 70 valence electrons. The van der Waals surface area contributed by atoms with Crippen molar-refractivity contribution in [1.82, 2.24) is 0 Å². The van der Waals surface area contributed by atoms with Gasteiger partial charge in [-0.25, -0.2) is 0 Å². The lowest BCUT2D eigenvalue weighted by Gasteiger charge is -2.34. The largest absolute Gasteiger partial charge is 0.481 e. The fourth-order valence-electron chi connectivity index (χ4n) is 2.28. The van der Waals surface area contributed by atoms with Crippen molar-refractivity contribution in [2.45, 2.75) is 46.0 Å². The van der Waals surface area contributed by atoms with Crippen LogP contribution in [0.15, 0.2) is 0 Å². The van der Waals surface area contributed by atoms with Crippen molar-refractivity contribution in [1.29, 1.82) is 0 Å². The molecule has 0 aromatic carbocycles. The minimum atomic E-state index is -0.641. The van der Waals surface area contributed by atoms with Gasteiger partial charge in [0.2, 0.25) is 0 Å². The molecule has 1 aliphatic rings. The van der Waals surface area contributed by atoms with Crippen molar-refractivity contribution in [2.75, 3.05) is 0 Å². The fourth-order valence-corrected chi connectivity index (χ4v) is 2.28. The van der Waals surface area contributed by atoms with Crippen molar-refractivity contribution in [3.63, 3.8) is 0 Å². The Kier molecular flexibility index (Phi) is 2.76. The Morgan fingerprint density at radius 1 is 1.58 bits per heavy atom. The van der Waals surface area contributed by atoms with Gasteiger partial charge in [0.25, 0.3) is 0 Å². The molecule has 0 amide bonds. The zero-order valence-electron chi connectivity index (χ0n) is 7.97. The highest BCUT2D eigenvalue weighted by atomic mass is 16.4. The highest BCUT2D eigenvalue weighted by molar-refractivity contribution is 5.67. The summed E-state index contributed by atoms with van der Waals surface area (Å²) >= 11 is 0. The van der Waals surface area contributed by atoms with E-state index in [-0.39, 0.29) is 0 Å². The van der Waals surface area contributed by atoms with E-state index < -0.39 is 5.97 Å². The minimum Gasteiger partial charge on any atom is -0.481 e. The molecule has 1 saturated carbocycles. The number of hydrogen-bond acceptors (Lipinski definition) is 1. The van der Waals surface area contributed by atoms with E-state index in [1.807, 2.05) is 0 Å². The molecule has 1 aliphatic carbocycles. The average molecular weight is 170 g/mol. The Morgan fingerprint density at radius 2 is 2.25 bits per heavy atom. The van der Waals surface area contributed by atoms with Gasteiger partial charge in [0.1, 0.15) is 0 Å². The highest BCUT2D eigenvalue weighted by Crippen LogP contribution is 2.39. The van der Waals surface area contributed by atoms with Crippen molar-refractivity contribution in [3.05, 3.63) is 0 Å². The molecule has 1 N–H and O–H groups in total. The second kappa shape index (κ2) is 3.46. The predicted octanol–water partition coefficient (Wildman–Crippen LogP) is 2.68. The molecule has 12 heavy (non-hydrogen) atoms. The molecule has 0 saturated heterocycles. The summed E-state index contributed by atoms with van der Waals surface area (Å²) in [5.41, 5.74) is 0.373. The first-order valence-corrected chi connectivity index (χ1v) is 4.71. The third-order valence-electron chi connectivity index (χ3n) is 2.77. The van der Waals surface area contributed by atoms with Crippen LogP contribution in [-0.2, 0) is 4.79 Å². The van der Waals surface area contributed by atoms with E-state index in [1.54, 1.807) is 0 Å². The number of carbonyl (C=O) groups is 1. The molecule has 0 aliphatic heterocycles. The number of hydrogen-bond donors (Lipinski definition) is 1. The fraction of sp³-hybridized carbons (Fsp3) is 0.900. The maximum atomic E-state index is 10.5. The third-order valence-corrected chi connectivity index (χ3v) is 2.77. The molecule has 0 bridgehead atoms. The molecule has 0 spiro atoms. The van der Waals surface area contributed by atoms with Crippen molar-refractivity contribution in [3.8, 4) is 0 Å². The second-order valence-electron chi connectivity index (χ2n) is 4.72. The first kappa shape index (κ1) is 9.56. The van der Waals surface area contributed by atoms with E-state index in [1.165, 1.54) is 12.8 Å². The molecule has 2 heteroatoms. The molecule has 1 rings (SSSR count). The molecular weight excluding hydrogens is 152 g/mol. The molecule has 0 unspecified atom stereocenters. The van der Waals surface area contributed by atoms with E-state index >= 15 is 0 Å². The van der Waals surface area contributed by atoms with Crippen LogP contribution in [0.4, 0.5) is 0 Å². The third kappa shape index (κ3) is 2.84. The number of rotatable bonds is 2. The summed E-state index contributed by atoms with van der Waals surface area (Å²) in [5, 5.41) is 8.64. The van der Waals surface area contributed by atoms with Crippen LogP contribution < -0.4 is 0 Å². The lowest BCUT2D eigenvalue weighted by atomic mass is 9.71. The molecule has 1 fully saturated rings. The molecular formula is C10H18O2. The summed E-state index contributed by atoms with van der Waals surface area (Å²) in [7, 11) is 0. The molecule has 0 aromatic heterocycles. The summed E-state index contributed by atoms with van der Waals surface area (Å²) in [6, 6.07) is 0. The Morgan fingerprint density at radius 3 is 2.75 bits per heavy atom. The van der Waals surface area contributed by atoms with Gasteiger partial charge in [0.05, 0.1) is 0 Å². The topological polar surface area (TPSA) is 37.3 Å². The second-order valence-corrected chi connectivity index (χ2v) is 4.72. The summed E-state index contributed by atoms with van der Waals surface area (Å²) in [6.07, 6.45) is 5.01. The van der Waals surface area contributed by atoms with Gasteiger partial charge in [0.15, 0.2) is 0 Å². The zero-order valence-corrected chi connectivity index (χ0v) is 7.97. The van der Waals surface area contributed by atoms with Crippen LogP contribution in [-0.4, -0.2) is 11.1 Å². The smallest absolute Gasteiger partial charge is 0.303 e. The van der Waals surface area contributed by atoms with E-state index in [0.29, 0.717) is 17.8 Å². The van der Waals surface area contributed by atoms with E-state index in [2.05, 4.69) is 13.8 Å². The molecule has 0 radical (unpaired) electrons. The molecule has 2 nitrogen and oxygen atoms in total. The quantitative estimate of drug-likeness (QED) is 0.691.